The Labute approximate surface area is 115 Å². The molecule has 0 radical (unpaired) electrons. The van der Waals surface area contributed by atoms with Crippen LogP contribution in [0.15, 0.2) is 48.5 Å². The van der Waals surface area contributed by atoms with Crippen LogP contribution in [-0.4, -0.2) is 7.05 Å². The predicted molar refractivity (Wildman–Crippen MR) is 82.9 cm³/mol. The zero-order chi connectivity index (χ0) is 13.8. The zero-order valence-electron chi connectivity index (χ0n) is 11.9. The number of hydrogen-bond acceptors (Lipinski definition) is 2. The normalized spacial score (nSPS) is 12.2. The van der Waals surface area contributed by atoms with Crippen LogP contribution < -0.4 is 10.6 Å². The summed E-state index contributed by atoms with van der Waals surface area (Å²) < 4.78 is 0. The molecule has 100 valence electrons. The number of para-hydroxylation sites is 1. The highest BCUT2D eigenvalue weighted by Gasteiger charge is 2.12. The highest BCUT2D eigenvalue weighted by Crippen LogP contribution is 2.30. The van der Waals surface area contributed by atoms with Gasteiger partial charge >= 0.3 is 0 Å². The number of nitrogens with zero attached hydrogens (tertiary/aromatic N) is 1. The van der Waals surface area contributed by atoms with Gasteiger partial charge in [0.15, 0.2) is 0 Å². The van der Waals surface area contributed by atoms with Crippen LogP contribution in [0, 0.1) is 6.92 Å². The number of rotatable bonds is 4. The Hall–Kier alpha value is -1.80. The maximum atomic E-state index is 6.21. The second-order valence-corrected chi connectivity index (χ2v) is 4.97. The van der Waals surface area contributed by atoms with Crippen LogP contribution in [-0.2, 0) is 0 Å². The topological polar surface area (TPSA) is 29.3 Å². The van der Waals surface area contributed by atoms with Crippen LogP contribution in [0.1, 0.15) is 30.5 Å². The van der Waals surface area contributed by atoms with Crippen molar-refractivity contribution in [3.05, 3.63) is 59.7 Å². The molecule has 0 amide bonds. The number of benzene rings is 2. The Bertz CT molecular complexity index is 531. The van der Waals surface area contributed by atoms with Crippen molar-refractivity contribution in [3.63, 3.8) is 0 Å². The molecule has 0 aliphatic carbocycles. The monoisotopic (exact) mass is 254 g/mol. The molecule has 0 bridgehead atoms. The van der Waals surface area contributed by atoms with Crippen LogP contribution >= 0.6 is 0 Å². The summed E-state index contributed by atoms with van der Waals surface area (Å²) in [5.41, 5.74) is 11.0. The van der Waals surface area contributed by atoms with Crippen molar-refractivity contribution in [1.82, 2.24) is 0 Å². The molecule has 2 N–H and O–H groups in total. The molecule has 0 unspecified atom stereocenters. The van der Waals surface area contributed by atoms with E-state index in [9.17, 15) is 0 Å². The highest BCUT2D eigenvalue weighted by molar-refractivity contribution is 5.66. The Morgan fingerprint density at radius 1 is 1.05 bits per heavy atom. The molecule has 0 aliphatic rings. The Morgan fingerprint density at radius 3 is 2.32 bits per heavy atom. The maximum Gasteiger partial charge on any atom is 0.0456 e. The van der Waals surface area contributed by atoms with Gasteiger partial charge in [0.25, 0.3) is 0 Å². The van der Waals surface area contributed by atoms with Gasteiger partial charge in [-0.3, -0.25) is 0 Å². The third-order valence-electron chi connectivity index (χ3n) is 3.56. The van der Waals surface area contributed by atoms with E-state index in [-0.39, 0.29) is 6.04 Å². The van der Waals surface area contributed by atoms with Gasteiger partial charge in [-0.2, -0.15) is 0 Å². The average Bonchev–Trinajstić information content (AvgIpc) is 2.46. The summed E-state index contributed by atoms with van der Waals surface area (Å²) >= 11 is 0. The second kappa shape index (κ2) is 5.89. The van der Waals surface area contributed by atoms with Gasteiger partial charge in [0, 0.05) is 24.5 Å². The highest BCUT2D eigenvalue weighted by atomic mass is 15.1. The summed E-state index contributed by atoms with van der Waals surface area (Å²) in [6, 6.07) is 17.0. The number of aryl methyl sites for hydroxylation is 1. The van der Waals surface area contributed by atoms with Crippen molar-refractivity contribution in [3.8, 4) is 0 Å². The van der Waals surface area contributed by atoms with Gasteiger partial charge in [0.1, 0.15) is 0 Å². The van der Waals surface area contributed by atoms with E-state index in [0.29, 0.717) is 0 Å². The third-order valence-corrected chi connectivity index (χ3v) is 3.56. The molecule has 2 aromatic rings. The molecule has 0 aromatic heterocycles. The quantitative estimate of drug-likeness (QED) is 0.887. The van der Waals surface area contributed by atoms with E-state index in [4.69, 9.17) is 5.73 Å². The fourth-order valence-electron chi connectivity index (χ4n) is 2.23. The van der Waals surface area contributed by atoms with Crippen LogP contribution in [0.25, 0.3) is 0 Å². The van der Waals surface area contributed by atoms with E-state index < -0.39 is 0 Å². The van der Waals surface area contributed by atoms with Gasteiger partial charge in [-0.15, -0.1) is 0 Å². The first kappa shape index (κ1) is 13.6. The Morgan fingerprint density at radius 2 is 1.68 bits per heavy atom. The minimum atomic E-state index is 0.0871. The second-order valence-electron chi connectivity index (χ2n) is 4.97. The summed E-state index contributed by atoms with van der Waals surface area (Å²) in [7, 11) is 2.09. The molecular weight excluding hydrogens is 232 g/mol. The summed E-state index contributed by atoms with van der Waals surface area (Å²) in [5, 5.41) is 0. The molecule has 2 heteroatoms. The molecule has 0 spiro atoms. The van der Waals surface area contributed by atoms with Gasteiger partial charge in [0.05, 0.1) is 0 Å². The summed E-state index contributed by atoms with van der Waals surface area (Å²) in [5.74, 6) is 0. The average molecular weight is 254 g/mol. The largest absolute Gasteiger partial charge is 0.344 e. The SMILES string of the molecule is CC[C@H](N)c1ccccc1N(C)c1ccc(C)cc1. The standard InChI is InChI=1S/C17H22N2/c1-4-16(18)15-7-5-6-8-17(15)19(3)14-11-9-13(2)10-12-14/h5-12,16H,4,18H2,1-3H3/t16-/m0/s1. The molecule has 19 heavy (non-hydrogen) atoms. The van der Waals surface area contributed by atoms with E-state index in [1.165, 1.54) is 22.5 Å². The van der Waals surface area contributed by atoms with Crippen molar-refractivity contribution in [2.24, 2.45) is 5.73 Å². The van der Waals surface area contributed by atoms with Gasteiger partial charge in [-0.05, 0) is 37.1 Å². The van der Waals surface area contributed by atoms with Gasteiger partial charge < -0.3 is 10.6 Å². The van der Waals surface area contributed by atoms with E-state index in [0.717, 1.165) is 6.42 Å². The molecular formula is C17H22N2. The lowest BCUT2D eigenvalue weighted by atomic mass is 10.0. The molecule has 0 fully saturated rings. The van der Waals surface area contributed by atoms with Crippen LogP contribution in [0.4, 0.5) is 11.4 Å². The molecule has 2 nitrogen and oxygen atoms in total. The minimum absolute atomic E-state index is 0.0871. The van der Waals surface area contributed by atoms with Crippen molar-refractivity contribution in [1.29, 1.82) is 0 Å². The van der Waals surface area contributed by atoms with Gasteiger partial charge in [-0.1, -0.05) is 42.8 Å². The number of nitrogens with two attached hydrogens (primary N) is 1. The predicted octanol–water partition coefficient (Wildman–Crippen LogP) is 4.17. The van der Waals surface area contributed by atoms with Crippen molar-refractivity contribution in [2.45, 2.75) is 26.3 Å². The van der Waals surface area contributed by atoms with E-state index >= 15 is 0 Å². The molecule has 0 saturated carbocycles. The molecule has 0 heterocycles. The summed E-state index contributed by atoms with van der Waals surface area (Å²) in [6.07, 6.45) is 0.943. The first-order valence-electron chi connectivity index (χ1n) is 6.78. The molecule has 1 atom stereocenters. The van der Waals surface area contributed by atoms with Crippen molar-refractivity contribution < 1.29 is 0 Å². The third kappa shape index (κ3) is 2.96. The van der Waals surface area contributed by atoms with E-state index in [1.807, 2.05) is 0 Å². The lowest BCUT2D eigenvalue weighted by Crippen LogP contribution is -2.16. The van der Waals surface area contributed by atoms with Crippen LogP contribution in [0.5, 0.6) is 0 Å². The molecule has 2 rings (SSSR count). The number of anilines is 2. The molecule has 0 aliphatic heterocycles. The zero-order valence-corrected chi connectivity index (χ0v) is 11.9. The first-order valence-corrected chi connectivity index (χ1v) is 6.78. The Kier molecular flexibility index (Phi) is 4.23. The number of hydrogen-bond donors (Lipinski definition) is 1. The lowest BCUT2D eigenvalue weighted by molar-refractivity contribution is 0.698. The lowest BCUT2D eigenvalue weighted by Gasteiger charge is -2.25. The summed E-state index contributed by atoms with van der Waals surface area (Å²) in [4.78, 5) is 2.20. The van der Waals surface area contributed by atoms with Crippen molar-refractivity contribution in [2.75, 3.05) is 11.9 Å². The van der Waals surface area contributed by atoms with Gasteiger partial charge in [-0.25, -0.2) is 0 Å². The van der Waals surface area contributed by atoms with E-state index in [2.05, 4.69) is 74.3 Å². The molecule has 0 saturated heterocycles. The van der Waals surface area contributed by atoms with Gasteiger partial charge in [0.2, 0.25) is 0 Å². The fraction of sp³-hybridized carbons (Fsp3) is 0.294. The van der Waals surface area contributed by atoms with Crippen molar-refractivity contribution >= 4 is 11.4 Å². The minimum Gasteiger partial charge on any atom is -0.344 e. The van der Waals surface area contributed by atoms with Crippen LogP contribution in [0.3, 0.4) is 0 Å². The fourth-order valence-corrected chi connectivity index (χ4v) is 2.23. The smallest absolute Gasteiger partial charge is 0.0456 e. The van der Waals surface area contributed by atoms with Crippen LogP contribution in [0.2, 0.25) is 0 Å². The first-order chi connectivity index (χ1) is 9.13. The summed E-state index contributed by atoms with van der Waals surface area (Å²) in [6.45, 7) is 4.22. The van der Waals surface area contributed by atoms with E-state index in [1.54, 1.807) is 0 Å². The Balaban J connectivity index is 2.38. The maximum absolute atomic E-state index is 6.21. The molecule has 2 aromatic carbocycles.